The smallest absolute Gasteiger partial charge is 0.180 e. The fourth-order valence-corrected chi connectivity index (χ4v) is 6.06. The molecule has 2 heterocycles. The lowest BCUT2D eigenvalue weighted by Gasteiger charge is -2.25. The van der Waals surface area contributed by atoms with Gasteiger partial charge >= 0.3 is 0 Å². The summed E-state index contributed by atoms with van der Waals surface area (Å²) < 4.78 is 0. The minimum absolute atomic E-state index is 0.0428. The number of rotatable bonds is 14. The summed E-state index contributed by atoms with van der Waals surface area (Å²) in [5, 5.41) is 19.0. The molecule has 0 spiro atoms. The second-order valence-corrected chi connectivity index (χ2v) is 12.8. The van der Waals surface area contributed by atoms with Crippen LogP contribution in [0.2, 0.25) is 0 Å². The zero-order chi connectivity index (χ0) is 24.5. The van der Waals surface area contributed by atoms with E-state index >= 15 is 0 Å². The molecule has 184 valence electrons. The van der Waals surface area contributed by atoms with Gasteiger partial charge in [0.2, 0.25) is 0 Å². The van der Waals surface area contributed by atoms with Gasteiger partial charge in [0, 0.05) is 32.7 Å². The summed E-state index contributed by atoms with van der Waals surface area (Å²) in [6.45, 7) is 8.69. The predicted molar refractivity (Wildman–Crippen MR) is 141 cm³/mol. The molecular weight excluding hydrogens is 452 g/mol. The van der Waals surface area contributed by atoms with Crippen molar-refractivity contribution in [2.24, 2.45) is 10.8 Å². The van der Waals surface area contributed by atoms with Gasteiger partial charge in [-0.15, -0.1) is 22.7 Å². The normalized spacial score (nSPS) is 13.8. The maximum absolute atomic E-state index is 12.2. The van der Waals surface area contributed by atoms with Crippen LogP contribution in [-0.2, 0) is 25.7 Å². The van der Waals surface area contributed by atoms with Crippen molar-refractivity contribution in [3.63, 3.8) is 0 Å². The van der Waals surface area contributed by atoms with Crippen molar-refractivity contribution in [3.05, 3.63) is 64.2 Å². The highest BCUT2D eigenvalue weighted by atomic mass is 32.1. The van der Waals surface area contributed by atoms with Crippen molar-refractivity contribution in [2.75, 3.05) is 13.2 Å². The number of aliphatic hydroxyl groups is 2. The van der Waals surface area contributed by atoms with E-state index < -0.39 is 0 Å². The second-order valence-electron chi connectivity index (χ2n) is 10.3. The van der Waals surface area contributed by atoms with Crippen molar-refractivity contribution >= 4 is 22.7 Å². The third-order valence-corrected chi connectivity index (χ3v) is 8.84. The van der Waals surface area contributed by atoms with E-state index in [1.54, 1.807) is 46.9 Å². The third-order valence-electron chi connectivity index (χ3n) is 6.50. The molecule has 0 fully saturated rings. The zero-order valence-corrected chi connectivity index (χ0v) is 22.2. The number of aryl methyl sites for hydroxylation is 4. The van der Waals surface area contributed by atoms with Crippen molar-refractivity contribution in [2.45, 2.75) is 85.5 Å². The fourth-order valence-electron chi connectivity index (χ4n) is 3.79. The Kier molecular flexibility index (Phi) is 10.9. The Morgan fingerprint density at radius 3 is 1.52 bits per heavy atom. The van der Waals surface area contributed by atoms with Crippen LogP contribution in [0.25, 0.3) is 0 Å². The lowest BCUT2D eigenvalue weighted by atomic mass is 9.83. The Morgan fingerprint density at radius 1 is 0.697 bits per heavy atom. The molecule has 2 aromatic rings. The molecular formula is C27H40O4S2. The minimum Gasteiger partial charge on any atom is -0.396 e. The van der Waals surface area contributed by atoms with Gasteiger partial charge in [0.25, 0.3) is 0 Å². The summed E-state index contributed by atoms with van der Waals surface area (Å²) >= 11 is 3.37. The zero-order valence-electron chi connectivity index (χ0n) is 20.6. The van der Waals surface area contributed by atoms with Crippen LogP contribution in [0.1, 0.15) is 79.3 Å². The molecule has 1 atom stereocenters. The van der Waals surface area contributed by atoms with Gasteiger partial charge in [-0.3, -0.25) is 9.59 Å². The Hall–Kier alpha value is -1.34. The van der Waals surface area contributed by atoms with E-state index in [1.165, 1.54) is 0 Å². The van der Waals surface area contributed by atoms with Crippen LogP contribution >= 0.6 is 22.7 Å². The summed E-state index contributed by atoms with van der Waals surface area (Å²) in [6, 6.07) is 6.92. The Morgan fingerprint density at radius 2 is 1.12 bits per heavy atom. The van der Waals surface area contributed by atoms with Gasteiger partial charge in [0.05, 0.1) is 0 Å². The minimum atomic E-state index is -0.0850. The number of aliphatic hydroxyl groups excluding tert-OH is 2. The number of hydrogen-bond donors (Lipinski definition) is 2. The van der Waals surface area contributed by atoms with Crippen LogP contribution in [0.4, 0.5) is 0 Å². The molecule has 0 saturated heterocycles. The first-order chi connectivity index (χ1) is 15.6. The highest BCUT2D eigenvalue weighted by Gasteiger charge is 2.20. The van der Waals surface area contributed by atoms with E-state index in [9.17, 15) is 19.8 Å². The molecule has 0 amide bonds. The molecule has 2 aromatic heterocycles. The van der Waals surface area contributed by atoms with E-state index in [0.717, 1.165) is 77.3 Å². The molecule has 0 bridgehead atoms. The fraction of sp³-hybridized carbons (Fsp3) is 0.630. The van der Waals surface area contributed by atoms with Gasteiger partial charge < -0.3 is 10.2 Å². The maximum atomic E-state index is 12.2. The molecule has 0 aliphatic carbocycles. The molecule has 0 aliphatic heterocycles. The van der Waals surface area contributed by atoms with Crippen LogP contribution in [0.15, 0.2) is 33.9 Å². The van der Waals surface area contributed by atoms with E-state index in [2.05, 4.69) is 27.7 Å². The van der Waals surface area contributed by atoms with Crippen LogP contribution in [-0.4, -0.2) is 23.4 Å². The van der Waals surface area contributed by atoms with Crippen molar-refractivity contribution in [1.82, 2.24) is 0 Å². The summed E-state index contributed by atoms with van der Waals surface area (Å²) in [6.07, 6.45) is 7.95. The third kappa shape index (κ3) is 9.81. The van der Waals surface area contributed by atoms with E-state index in [-0.39, 0.29) is 34.9 Å². The first-order valence-electron chi connectivity index (χ1n) is 12.1. The quantitative estimate of drug-likeness (QED) is 0.371. The molecule has 1 unspecified atom stereocenters. The summed E-state index contributed by atoms with van der Waals surface area (Å²) in [4.78, 5) is 28.7. The first-order valence-corrected chi connectivity index (χ1v) is 13.7. The SMILES string of the molecule is CCC(C)(CO)CCCc1cc(=O)cc(CCc2cc(=O)cc(CCCC(C)(C)CO)s2)s1. The number of hydrogen-bond acceptors (Lipinski definition) is 6. The summed E-state index contributed by atoms with van der Waals surface area (Å²) in [5.74, 6) is 0. The highest BCUT2D eigenvalue weighted by Crippen LogP contribution is 2.28. The van der Waals surface area contributed by atoms with Gasteiger partial charge in [0.15, 0.2) is 10.9 Å². The first kappa shape index (κ1) is 27.9. The average molecular weight is 493 g/mol. The summed E-state index contributed by atoms with van der Waals surface area (Å²) in [7, 11) is 0. The van der Waals surface area contributed by atoms with Crippen molar-refractivity contribution in [1.29, 1.82) is 0 Å². The molecule has 0 radical (unpaired) electrons. The molecule has 0 aliphatic rings. The molecule has 4 nitrogen and oxygen atoms in total. The molecule has 2 rings (SSSR count). The van der Waals surface area contributed by atoms with Gasteiger partial charge in [-0.2, -0.15) is 0 Å². The molecule has 0 aromatic carbocycles. The standard InChI is InChI=1S/C27H40O4S2/c1-5-27(4,19-29)13-7-9-23-15-21(31)17-25(33-23)11-10-24-16-20(30)14-22(32-24)8-6-12-26(2,3)18-28/h14-17,28-29H,5-13,18-19H2,1-4H3. The molecule has 2 N–H and O–H groups in total. The highest BCUT2D eigenvalue weighted by molar-refractivity contribution is 7.12. The topological polar surface area (TPSA) is 74.6 Å². The van der Waals surface area contributed by atoms with Gasteiger partial charge in [0.1, 0.15) is 0 Å². The maximum Gasteiger partial charge on any atom is 0.180 e. The van der Waals surface area contributed by atoms with Gasteiger partial charge in [-0.1, -0.05) is 27.7 Å². The van der Waals surface area contributed by atoms with Crippen LogP contribution in [0, 0.1) is 10.8 Å². The largest absolute Gasteiger partial charge is 0.396 e. The molecule has 33 heavy (non-hydrogen) atoms. The second kappa shape index (κ2) is 12.9. The predicted octanol–water partition coefficient (Wildman–Crippen LogP) is 5.39. The monoisotopic (exact) mass is 492 g/mol. The lowest BCUT2D eigenvalue weighted by molar-refractivity contribution is 0.126. The summed E-state index contributed by atoms with van der Waals surface area (Å²) in [5.41, 5.74) is -0.0329. The van der Waals surface area contributed by atoms with Crippen LogP contribution in [0.3, 0.4) is 0 Å². The Bertz CT molecular complexity index is 986. The van der Waals surface area contributed by atoms with Crippen LogP contribution < -0.4 is 10.9 Å². The van der Waals surface area contributed by atoms with Gasteiger partial charge in [-0.25, -0.2) is 0 Å². The van der Waals surface area contributed by atoms with Crippen LogP contribution in [0.5, 0.6) is 0 Å². The average Bonchev–Trinajstić information content (AvgIpc) is 2.77. The van der Waals surface area contributed by atoms with E-state index in [0.29, 0.717) is 0 Å². The van der Waals surface area contributed by atoms with Crippen molar-refractivity contribution in [3.8, 4) is 0 Å². The Labute approximate surface area is 206 Å². The van der Waals surface area contributed by atoms with E-state index in [1.807, 2.05) is 0 Å². The van der Waals surface area contributed by atoms with Crippen molar-refractivity contribution < 1.29 is 10.2 Å². The Balaban J connectivity index is 1.98. The lowest BCUT2D eigenvalue weighted by Crippen LogP contribution is -2.20. The van der Waals surface area contributed by atoms with E-state index in [4.69, 9.17) is 0 Å². The van der Waals surface area contributed by atoms with Gasteiger partial charge in [-0.05, 0) is 92.9 Å². The molecule has 6 heteroatoms. The molecule has 0 saturated carbocycles.